The number of sulfonamides is 1. The van der Waals surface area contributed by atoms with Crippen molar-refractivity contribution in [2.75, 3.05) is 10.5 Å². The standard InChI is InChI=1S/C12H12N4O4S/c1-8-10(3-2-6-14-8)15-21(19,20)12-7-9(13)4-5-11(12)16(17)18/h2-7,15H,13H2,1H3. The maximum Gasteiger partial charge on any atom is 0.290 e. The zero-order valence-electron chi connectivity index (χ0n) is 11.0. The second-order valence-electron chi connectivity index (χ2n) is 4.23. The van der Waals surface area contributed by atoms with E-state index >= 15 is 0 Å². The Labute approximate surface area is 120 Å². The first-order valence-electron chi connectivity index (χ1n) is 5.79. The third-order valence-electron chi connectivity index (χ3n) is 2.72. The Morgan fingerprint density at radius 2 is 2.05 bits per heavy atom. The molecule has 0 aliphatic carbocycles. The molecule has 9 heteroatoms. The lowest BCUT2D eigenvalue weighted by molar-refractivity contribution is -0.387. The van der Waals surface area contributed by atoms with Crippen LogP contribution >= 0.6 is 0 Å². The first-order valence-corrected chi connectivity index (χ1v) is 7.28. The van der Waals surface area contributed by atoms with E-state index in [2.05, 4.69) is 9.71 Å². The van der Waals surface area contributed by atoms with Crippen LogP contribution in [0.15, 0.2) is 41.4 Å². The largest absolute Gasteiger partial charge is 0.399 e. The predicted octanol–water partition coefficient (Wildman–Crippen LogP) is 1.68. The molecule has 0 amide bonds. The first kappa shape index (κ1) is 14.7. The molecule has 21 heavy (non-hydrogen) atoms. The summed E-state index contributed by atoms with van der Waals surface area (Å²) >= 11 is 0. The number of benzene rings is 1. The van der Waals surface area contributed by atoms with Gasteiger partial charge in [0, 0.05) is 18.0 Å². The summed E-state index contributed by atoms with van der Waals surface area (Å²) in [5.74, 6) is 0. The molecule has 1 aromatic carbocycles. The van der Waals surface area contributed by atoms with E-state index in [-0.39, 0.29) is 11.4 Å². The van der Waals surface area contributed by atoms with Gasteiger partial charge in [0.05, 0.1) is 16.3 Å². The molecular formula is C12H12N4O4S. The third-order valence-corrected chi connectivity index (χ3v) is 4.12. The number of aromatic nitrogens is 1. The minimum absolute atomic E-state index is 0.115. The molecule has 110 valence electrons. The van der Waals surface area contributed by atoms with Gasteiger partial charge in [-0.2, -0.15) is 0 Å². The van der Waals surface area contributed by atoms with Crippen molar-refractivity contribution >= 4 is 27.1 Å². The summed E-state index contributed by atoms with van der Waals surface area (Å²) < 4.78 is 26.9. The normalized spacial score (nSPS) is 11.1. The minimum Gasteiger partial charge on any atom is -0.399 e. The lowest BCUT2D eigenvalue weighted by Gasteiger charge is -2.10. The first-order chi connectivity index (χ1) is 9.81. The summed E-state index contributed by atoms with van der Waals surface area (Å²) in [6.07, 6.45) is 1.51. The summed E-state index contributed by atoms with van der Waals surface area (Å²) in [5, 5.41) is 11.0. The van der Waals surface area contributed by atoms with Crippen LogP contribution in [0.1, 0.15) is 5.69 Å². The van der Waals surface area contributed by atoms with Crippen LogP contribution in [-0.2, 0) is 10.0 Å². The van der Waals surface area contributed by atoms with Crippen LogP contribution in [0.2, 0.25) is 0 Å². The van der Waals surface area contributed by atoms with Crippen molar-refractivity contribution in [1.29, 1.82) is 0 Å². The maximum atomic E-state index is 12.3. The second-order valence-corrected chi connectivity index (χ2v) is 5.88. The van der Waals surface area contributed by atoms with Crippen LogP contribution in [0, 0.1) is 17.0 Å². The van der Waals surface area contributed by atoms with Gasteiger partial charge in [-0.3, -0.25) is 19.8 Å². The summed E-state index contributed by atoms with van der Waals surface area (Å²) in [6.45, 7) is 1.62. The highest BCUT2D eigenvalue weighted by Crippen LogP contribution is 2.28. The lowest BCUT2D eigenvalue weighted by atomic mass is 10.3. The molecule has 0 bridgehead atoms. The Kier molecular flexibility index (Phi) is 3.76. The van der Waals surface area contributed by atoms with Crippen LogP contribution in [0.4, 0.5) is 17.1 Å². The maximum absolute atomic E-state index is 12.3. The van der Waals surface area contributed by atoms with Gasteiger partial charge in [0.25, 0.3) is 15.7 Å². The number of nitrogens with one attached hydrogen (secondary N) is 1. The SMILES string of the molecule is Cc1ncccc1NS(=O)(=O)c1cc(N)ccc1[N+](=O)[O-]. The molecular weight excluding hydrogens is 296 g/mol. The van der Waals surface area contributed by atoms with Crippen LogP contribution in [0.3, 0.4) is 0 Å². The van der Waals surface area contributed by atoms with E-state index < -0.39 is 25.5 Å². The topological polar surface area (TPSA) is 128 Å². The molecule has 0 saturated carbocycles. The van der Waals surface area contributed by atoms with Gasteiger partial charge in [0.15, 0.2) is 4.90 Å². The number of anilines is 2. The number of nitrogens with zero attached hydrogens (tertiary/aromatic N) is 2. The number of nitro groups is 1. The summed E-state index contributed by atoms with van der Waals surface area (Å²) in [5.41, 5.74) is 5.79. The fraction of sp³-hybridized carbons (Fsp3) is 0.0833. The molecule has 0 radical (unpaired) electrons. The van der Waals surface area contributed by atoms with E-state index in [1.165, 1.54) is 18.3 Å². The Morgan fingerprint density at radius 1 is 1.33 bits per heavy atom. The molecule has 0 saturated heterocycles. The highest BCUT2D eigenvalue weighted by Gasteiger charge is 2.26. The van der Waals surface area contributed by atoms with Gasteiger partial charge in [-0.1, -0.05) is 0 Å². The van der Waals surface area contributed by atoms with Crippen LogP contribution < -0.4 is 10.5 Å². The molecule has 0 atom stereocenters. The van der Waals surface area contributed by atoms with Gasteiger partial charge in [0.2, 0.25) is 0 Å². The van der Waals surface area contributed by atoms with Gasteiger partial charge in [-0.05, 0) is 31.2 Å². The number of rotatable bonds is 4. The summed E-state index contributed by atoms with van der Waals surface area (Å²) in [7, 11) is -4.15. The van der Waals surface area contributed by atoms with Crippen molar-refractivity contribution in [3.63, 3.8) is 0 Å². The molecule has 0 aliphatic rings. The molecule has 2 rings (SSSR count). The Balaban J connectivity index is 2.52. The molecule has 2 aromatic rings. The number of hydrogen-bond acceptors (Lipinski definition) is 6. The second kappa shape index (κ2) is 5.37. The van der Waals surface area contributed by atoms with Crippen molar-refractivity contribution in [3.8, 4) is 0 Å². The van der Waals surface area contributed by atoms with Gasteiger partial charge in [0.1, 0.15) is 0 Å². The van der Waals surface area contributed by atoms with Gasteiger partial charge in [-0.15, -0.1) is 0 Å². The fourth-order valence-electron chi connectivity index (χ4n) is 1.69. The van der Waals surface area contributed by atoms with Crippen LogP contribution in [-0.4, -0.2) is 18.3 Å². The Bertz CT molecular complexity index is 805. The van der Waals surface area contributed by atoms with Crippen molar-refractivity contribution in [2.24, 2.45) is 0 Å². The quantitative estimate of drug-likeness (QED) is 0.502. The molecule has 0 unspecified atom stereocenters. The van der Waals surface area contributed by atoms with Gasteiger partial charge in [-0.25, -0.2) is 8.42 Å². The number of nitrogen functional groups attached to an aromatic ring is 1. The van der Waals surface area contributed by atoms with Gasteiger partial charge >= 0.3 is 0 Å². The fourth-order valence-corrected chi connectivity index (χ4v) is 3.01. The average molecular weight is 308 g/mol. The molecule has 0 spiro atoms. The summed E-state index contributed by atoms with van der Waals surface area (Å²) in [6, 6.07) is 6.44. The molecule has 0 aliphatic heterocycles. The number of nitrogens with two attached hydrogens (primary N) is 1. The molecule has 0 fully saturated rings. The highest BCUT2D eigenvalue weighted by atomic mass is 32.2. The molecule has 1 aromatic heterocycles. The van der Waals surface area contributed by atoms with Crippen molar-refractivity contribution in [1.82, 2.24) is 4.98 Å². The van der Waals surface area contributed by atoms with Crippen LogP contribution in [0.25, 0.3) is 0 Å². The van der Waals surface area contributed by atoms with Crippen LogP contribution in [0.5, 0.6) is 0 Å². The van der Waals surface area contributed by atoms with E-state index in [0.29, 0.717) is 5.69 Å². The van der Waals surface area contributed by atoms with Crippen molar-refractivity contribution in [3.05, 3.63) is 52.3 Å². The van der Waals surface area contributed by atoms with E-state index in [9.17, 15) is 18.5 Å². The number of hydrogen-bond donors (Lipinski definition) is 2. The monoisotopic (exact) mass is 308 g/mol. The van der Waals surface area contributed by atoms with E-state index in [1.54, 1.807) is 13.0 Å². The van der Waals surface area contributed by atoms with E-state index in [0.717, 1.165) is 12.1 Å². The summed E-state index contributed by atoms with van der Waals surface area (Å²) in [4.78, 5) is 13.6. The van der Waals surface area contributed by atoms with Crippen molar-refractivity contribution < 1.29 is 13.3 Å². The smallest absolute Gasteiger partial charge is 0.290 e. The molecule has 1 heterocycles. The molecule has 8 nitrogen and oxygen atoms in total. The number of pyridine rings is 1. The minimum atomic E-state index is -4.15. The zero-order valence-corrected chi connectivity index (χ0v) is 11.8. The number of aryl methyl sites for hydroxylation is 1. The Morgan fingerprint density at radius 3 is 2.67 bits per heavy atom. The zero-order chi connectivity index (χ0) is 15.6. The number of nitro benzene ring substituents is 1. The molecule has 3 N–H and O–H groups in total. The Hall–Kier alpha value is -2.68. The van der Waals surface area contributed by atoms with Gasteiger partial charge < -0.3 is 5.73 Å². The predicted molar refractivity (Wildman–Crippen MR) is 77.3 cm³/mol. The van der Waals surface area contributed by atoms with Crippen molar-refractivity contribution in [2.45, 2.75) is 11.8 Å². The highest BCUT2D eigenvalue weighted by molar-refractivity contribution is 7.92. The third kappa shape index (κ3) is 3.08. The average Bonchev–Trinajstić information content (AvgIpc) is 2.41. The van der Waals surface area contributed by atoms with E-state index in [4.69, 9.17) is 5.73 Å². The van der Waals surface area contributed by atoms with E-state index in [1.807, 2.05) is 0 Å². The lowest BCUT2D eigenvalue weighted by Crippen LogP contribution is -2.16.